The van der Waals surface area contributed by atoms with Gasteiger partial charge >= 0.3 is 0 Å². The van der Waals surface area contributed by atoms with Crippen molar-refractivity contribution < 1.29 is 9.47 Å². The summed E-state index contributed by atoms with van der Waals surface area (Å²) in [4.78, 5) is 8.01. The third kappa shape index (κ3) is 4.56. The van der Waals surface area contributed by atoms with E-state index >= 15 is 0 Å². The van der Waals surface area contributed by atoms with Crippen LogP contribution in [0.4, 0.5) is 0 Å². The summed E-state index contributed by atoms with van der Waals surface area (Å²) in [5.74, 6) is 0.953. The van der Waals surface area contributed by atoms with Crippen LogP contribution in [0.5, 0.6) is 0 Å². The molecule has 7 heteroatoms. The van der Waals surface area contributed by atoms with Gasteiger partial charge in [0, 0.05) is 31.6 Å². The average molecular weight is 437 g/mol. The van der Waals surface area contributed by atoms with Gasteiger partial charge < -0.3 is 19.7 Å². The van der Waals surface area contributed by atoms with Crippen LogP contribution in [0, 0.1) is 0 Å². The van der Waals surface area contributed by atoms with Gasteiger partial charge in [0.2, 0.25) is 0 Å². The molecule has 1 aromatic heterocycles. The van der Waals surface area contributed by atoms with Gasteiger partial charge in [0.1, 0.15) is 6.10 Å². The van der Waals surface area contributed by atoms with Crippen molar-refractivity contribution >= 4 is 41.3 Å². The van der Waals surface area contributed by atoms with E-state index in [2.05, 4.69) is 32.7 Å². The van der Waals surface area contributed by atoms with E-state index < -0.39 is 0 Å². The fourth-order valence-electron chi connectivity index (χ4n) is 2.90. The maximum absolute atomic E-state index is 5.89. The molecule has 1 aromatic rings. The van der Waals surface area contributed by atoms with Crippen molar-refractivity contribution in [3.05, 3.63) is 22.4 Å². The summed E-state index contributed by atoms with van der Waals surface area (Å²) in [5, 5.41) is 5.54. The Balaban J connectivity index is 0.00000176. The van der Waals surface area contributed by atoms with Crippen LogP contribution in [0.25, 0.3) is 0 Å². The predicted molar refractivity (Wildman–Crippen MR) is 100 cm³/mol. The first-order valence-electron chi connectivity index (χ1n) is 7.58. The molecule has 0 radical (unpaired) electrons. The lowest BCUT2D eigenvalue weighted by Gasteiger charge is -2.37. The molecule has 1 N–H and O–H groups in total. The Morgan fingerprint density at radius 1 is 1.41 bits per heavy atom. The maximum Gasteiger partial charge on any atom is 0.194 e. The molecular weight excluding hydrogens is 413 g/mol. The zero-order valence-corrected chi connectivity index (χ0v) is 16.0. The summed E-state index contributed by atoms with van der Waals surface area (Å²) in [7, 11) is 1.84. The highest BCUT2D eigenvalue weighted by atomic mass is 127. The van der Waals surface area contributed by atoms with Gasteiger partial charge in [0.05, 0.1) is 19.3 Å². The van der Waals surface area contributed by atoms with E-state index in [-0.39, 0.29) is 36.2 Å². The van der Waals surface area contributed by atoms with Crippen molar-refractivity contribution in [3.8, 4) is 0 Å². The average Bonchev–Trinajstić information content (AvgIpc) is 3.22. The van der Waals surface area contributed by atoms with E-state index in [1.165, 1.54) is 4.88 Å². The normalized spacial score (nSPS) is 25.9. The van der Waals surface area contributed by atoms with E-state index in [1.54, 1.807) is 11.3 Å². The van der Waals surface area contributed by atoms with Crippen LogP contribution in [-0.2, 0) is 16.0 Å². The second-order valence-corrected chi connectivity index (χ2v) is 6.42. The Morgan fingerprint density at radius 2 is 2.27 bits per heavy atom. The second kappa shape index (κ2) is 9.05. The van der Waals surface area contributed by atoms with Crippen LogP contribution >= 0.6 is 35.3 Å². The number of hydrogen-bond acceptors (Lipinski definition) is 4. The Labute approximate surface area is 153 Å². The number of nitrogens with zero attached hydrogens (tertiary/aromatic N) is 2. The molecule has 0 amide bonds. The largest absolute Gasteiger partial charge is 0.375 e. The molecule has 22 heavy (non-hydrogen) atoms. The first-order valence-corrected chi connectivity index (χ1v) is 8.46. The molecule has 0 spiro atoms. The minimum Gasteiger partial charge on any atom is -0.375 e. The van der Waals surface area contributed by atoms with Gasteiger partial charge in [-0.15, -0.1) is 35.3 Å². The van der Waals surface area contributed by atoms with Gasteiger partial charge in [-0.1, -0.05) is 6.07 Å². The molecule has 2 aliphatic heterocycles. The number of aliphatic imine (C=N–C) groups is 1. The highest BCUT2D eigenvalue weighted by Crippen LogP contribution is 2.21. The van der Waals surface area contributed by atoms with Crippen LogP contribution in [0.3, 0.4) is 0 Å². The Bertz CT molecular complexity index is 463. The van der Waals surface area contributed by atoms with Gasteiger partial charge in [0.15, 0.2) is 5.96 Å². The summed E-state index contributed by atoms with van der Waals surface area (Å²) < 4.78 is 11.7. The summed E-state index contributed by atoms with van der Waals surface area (Å²) in [6.45, 7) is 4.18. The smallest absolute Gasteiger partial charge is 0.194 e. The SMILES string of the molecule is CN=C(NCc1cccs1)N1CCOC(C2CCCO2)C1.I. The number of guanidine groups is 1. The molecule has 3 heterocycles. The lowest BCUT2D eigenvalue weighted by Crippen LogP contribution is -2.53. The molecule has 3 rings (SSSR count). The molecule has 2 unspecified atom stereocenters. The lowest BCUT2D eigenvalue weighted by atomic mass is 10.1. The third-order valence-corrected chi connectivity index (χ3v) is 4.86. The molecule has 2 atom stereocenters. The molecular formula is C15H24IN3O2S. The van der Waals surface area contributed by atoms with E-state index in [1.807, 2.05) is 7.05 Å². The lowest BCUT2D eigenvalue weighted by molar-refractivity contribution is -0.0817. The van der Waals surface area contributed by atoms with E-state index in [0.29, 0.717) is 0 Å². The van der Waals surface area contributed by atoms with Crippen LogP contribution < -0.4 is 5.32 Å². The first-order chi connectivity index (χ1) is 10.4. The number of halogens is 1. The van der Waals surface area contributed by atoms with Gasteiger partial charge in [-0.05, 0) is 24.3 Å². The summed E-state index contributed by atoms with van der Waals surface area (Å²) >= 11 is 1.76. The van der Waals surface area contributed by atoms with Crippen LogP contribution in [-0.4, -0.2) is 56.4 Å². The molecule has 2 saturated heterocycles. The van der Waals surface area contributed by atoms with E-state index in [4.69, 9.17) is 9.47 Å². The number of hydrogen-bond donors (Lipinski definition) is 1. The predicted octanol–water partition coefficient (Wildman–Crippen LogP) is 2.32. The third-order valence-electron chi connectivity index (χ3n) is 3.99. The topological polar surface area (TPSA) is 46.1 Å². The van der Waals surface area contributed by atoms with Crippen LogP contribution in [0.1, 0.15) is 17.7 Å². The van der Waals surface area contributed by atoms with Crippen LogP contribution in [0.2, 0.25) is 0 Å². The van der Waals surface area contributed by atoms with Gasteiger partial charge in [0.25, 0.3) is 0 Å². The monoisotopic (exact) mass is 437 g/mol. The second-order valence-electron chi connectivity index (χ2n) is 5.39. The van der Waals surface area contributed by atoms with Gasteiger partial charge in [-0.2, -0.15) is 0 Å². The minimum atomic E-state index is 0. The molecule has 0 saturated carbocycles. The van der Waals surface area contributed by atoms with E-state index in [9.17, 15) is 0 Å². The zero-order valence-electron chi connectivity index (χ0n) is 12.9. The molecule has 0 aromatic carbocycles. The highest BCUT2D eigenvalue weighted by molar-refractivity contribution is 14.0. The molecule has 124 valence electrons. The van der Waals surface area contributed by atoms with Crippen molar-refractivity contribution in [1.29, 1.82) is 0 Å². The fourth-order valence-corrected chi connectivity index (χ4v) is 3.54. The summed E-state index contributed by atoms with van der Waals surface area (Å²) in [6.07, 6.45) is 2.68. The van der Waals surface area contributed by atoms with E-state index in [0.717, 1.165) is 51.6 Å². The first kappa shape index (κ1) is 18.0. The zero-order chi connectivity index (χ0) is 14.5. The molecule has 2 fully saturated rings. The molecule has 0 aliphatic carbocycles. The van der Waals surface area contributed by atoms with Crippen LogP contribution in [0.15, 0.2) is 22.5 Å². The van der Waals surface area contributed by atoms with Gasteiger partial charge in [-0.3, -0.25) is 4.99 Å². The fraction of sp³-hybridized carbons (Fsp3) is 0.667. The van der Waals surface area contributed by atoms with Crippen molar-refractivity contribution in [3.63, 3.8) is 0 Å². The summed E-state index contributed by atoms with van der Waals surface area (Å²) in [6, 6.07) is 4.21. The molecule has 2 aliphatic rings. The van der Waals surface area contributed by atoms with Crippen molar-refractivity contribution in [1.82, 2.24) is 10.2 Å². The number of nitrogens with one attached hydrogen (secondary N) is 1. The molecule has 0 bridgehead atoms. The Hall–Kier alpha value is -0.380. The summed E-state index contributed by atoms with van der Waals surface area (Å²) in [5.41, 5.74) is 0. The van der Waals surface area contributed by atoms with Crippen molar-refractivity contribution in [2.45, 2.75) is 31.6 Å². The number of rotatable bonds is 3. The van der Waals surface area contributed by atoms with Gasteiger partial charge in [-0.25, -0.2) is 0 Å². The Morgan fingerprint density at radius 3 is 2.95 bits per heavy atom. The van der Waals surface area contributed by atoms with Crippen molar-refractivity contribution in [2.24, 2.45) is 4.99 Å². The van der Waals surface area contributed by atoms with Crippen molar-refractivity contribution in [2.75, 3.05) is 33.4 Å². The standard InChI is InChI=1S/C15H23N3O2S.HI/c1-16-15(17-10-12-4-3-9-21-12)18-6-8-20-14(11-18)13-5-2-7-19-13;/h3-4,9,13-14H,2,5-8,10-11H2,1H3,(H,16,17);1H. The minimum absolute atomic E-state index is 0. The number of ether oxygens (including phenoxy) is 2. The maximum atomic E-state index is 5.89. The quantitative estimate of drug-likeness (QED) is 0.448. The number of thiophene rings is 1. The number of morpholine rings is 1. The highest BCUT2D eigenvalue weighted by Gasteiger charge is 2.32. The molecule has 5 nitrogen and oxygen atoms in total. The Kier molecular flexibility index (Phi) is 7.39.